The molecule has 0 saturated heterocycles. The Morgan fingerprint density at radius 3 is 2.43 bits per heavy atom. The fourth-order valence-corrected chi connectivity index (χ4v) is 5.87. The minimum atomic E-state index is -2.93. The summed E-state index contributed by atoms with van der Waals surface area (Å²) in [6, 6.07) is 9.85. The molecule has 2 aromatic carbocycles. The van der Waals surface area contributed by atoms with Crippen molar-refractivity contribution in [1.29, 1.82) is 0 Å². The van der Waals surface area contributed by atoms with Crippen LogP contribution in [0.15, 0.2) is 54.6 Å². The van der Waals surface area contributed by atoms with Gasteiger partial charge >= 0.3 is 12.6 Å². The number of hydrogen-bond donors (Lipinski definition) is 0. The van der Waals surface area contributed by atoms with E-state index in [1.807, 2.05) is 0 Å². The van der Waals surface area contributed by atoms with Gasteiger partial charge in [0.15, 0.2) is 0 Å². The maximum atomic E-state index is 15.1. The first-order valence-corrected chi connectivity index (χ1v) is 12.6. The number of carbonyl (C=O) groups is 1. The molecule has 188 valence electrons. The lowest BCUT2D eigenvalue weighted by Crippen LogP contribution is -2.30. The number of ether oxygens (including phenoxy) is 2. The zero-order valence-electron chi connectivity index (χ0n) is 20.1. The Morgan fingerprint density at radius 1 is 1.00 bits per heavy atom. The highest BCUT2D eigenvalue weighted by molar-refractivity contribution is 5.91. The summed E-state index contributed by atoms with van der Waals surface area (Å²) in [5.41, 5.74) is 0.804. The van der Waals surface area contributed by atoms with Crippen molar-refractivity contribution in [1.82, 2.24) is 0 Å². The van der Waals surface area contributed by atoms with E-state index in [4.69, 9.17) is 4.74 Å². The van der Waals surface area contributed by atoms with E-state index >= 15 is 4.39 Å². The molecule has 0 radical (unpaired) electrons. The zero-order valence-corrected chi connectivity index (χ0v) is 20.1. The third-order valence-corrected chi connectivity index (χ3v) is 7.63. The molecule has 0 aromatic heterocycles. The SMILES string of the molecule is C/C=C/CCC1CCC2CC(c3ccc(C(=O)Oc4ccc(OC(F)F)cc4)cc3F)CCC2C1. The largest absolute Gasteiger partial charge is 0.435 e. The molecular formula is C29H33F3O3. The highest BCUT2D eigenvalue weighted by Gasteiger charge is 2.36. The Balaban J connectivity index is 1.33. The van der Waals surface area contributed by atoms with Gasteiger partial charge in [-0.2, -0.15) is 8.78 Å². The van der Waals surface area contributed by atoms with Crippen molar-refractivity contribution in [2.24, 2.45) is 17.8 Å². The summed E-state index contributed by atoms with van der Waals surface area (Å²) >= 11 is 0. The molecule has 0 spiro atoms. The average Bonchev–Trinajstić information content (AvgIpc) is 2.84. The number of rotatable bonds is 8. The Kier molecular flexibility index (Phi) is 8.53. The smallest absolute Gasteiger partial charge is 0.387 e. The van der Waals surface area contributed by atoms with Crippen LogP contribution in [0.3, 0.4) is 0 Å². The highest BCUT2D eigenvalue weighted by Crippen LogP contribution is 2.48. The van der Waals surface area contributed by atoms with Gasteiger partial charge in [-0.05, 0) is 118 Å². The summed E-state index contributed by atoms with van der Waals surface area (Å²) in [5, 5.41) is 0. The van der Waals surface area contributed by atoms with Gasteiger partial charge in [0.2, 0.25) is 0 Å². The molecule has 0 heterocycles. The second-order valence-electron chi connectivity index (χ2n) is 9.83. The Morgan fingerprint density at radius 2 is 1.71 bits per heavy atom. The predicted molar refractivity (Wildman–Crippen MR) is 129 cm³/mol. The normalized spacial score (nSPS) is 24.4. The molecule has 2 saturated carbocycles. The molecule has 4 atom stereocenters. The van der Waals surface area contributed by atoms with Crippen LogP contribution in [0, 0.1) is 23.6 Å². The maximum absolute atomic E-state index is 15.1. The monoisotopic (exact) mass is 486 g/mol. The Bertz CT molecular complexity index is 1020. The Hall–Kier alpha value is -2.76. The van der Waals surface area contributed by atoms with Crippen LogP contribution >= 0.6 is 0 Å². The van der Waals surface area contributed by atoms with Gasteiger partial charge in [0.25, 0.3) is 0 Å². The molecule has 3 nitrogen and oxygen atoms in total. The van der Waals surface area contributed by atoms with Crippen LogP contribution in [0.2, 0.25) is 0 Å². The molecule has 2 aliphatic carbocycles. The van der Waals surface area contributed by atoms with Crippen LogP contribution in [-0.2, 0) is 0 Å². The summed E-state index contributed by atoms with van der Waals surface area (Å²) in [5.74, 6) is 1.48. The number of alkyl halides is 2. The minimum Gasteiger partial charge on any atom is -0.435 e. The molecule has 0 bridgehead atoms. The van der Waals surface area contributed by atoms with Gasteiger partial charge in [-0.1, -0.05) is 24.6 Å². The van der Waals surface area contributed by atoms with Gasteiger partial charge in [0.05, 0.1) is 5.56 Å². The van der Waals surface area contributed by atoms with Crippen LogP contribution in [0.25, 0.3) is 0 Å². The number of carbonyl (C=O) groups excluding carboxylic acids is 1. The first-order valence-electron chi connectivity index (χ1n) is 12.6. The molecule has 2 aromatic rings. The maximum Gasteiger partial charge on any atom is 0.387 e. The second-order valence-corrected chi connectivity index (χ2v) is 9.83. The third kappa shape index (κ3) is 6.68. The molecule has 6 heteroatoms. The molecule has 4 unspecified atom stereocenters. The molecule has 0 aliphatic heterocycles. The van der Waals surface area contributed by atoms with Crippen molar-refractivity contribution in [3.8, 4) is 11.5 Å². The fourth-order valence-electron chi connectivity index (χ4n) is 5.87. The van der Waals surface area contributed by atoms with Gasteiger partial charge in [-0.15, -0.1) is 0 Å². The van der Waals surface area contributed by atoms with Crippen LogP contribution in [0.5, 0.6) is 11.5 Å². The molecule has 4 rings (SSSR count). The second kappa shape index (κ2) is 11.8. The molecule has 2 aliphatic rings. The van der Waals surface area contributed by atoms with E-state index in [-0.39, 0.29) is 28.8 Å². The molecule has 0 N–H and O–H groups in total. The average molecular weight is 487 g/mol. The summed E-state index contributed by atoms with van der Waals surface area (Å²) in [6.45, 7) is -0.856. The highest BCUT2D eigenvalue weighted by atomic mass is 19.3. The van der Waals surface area contributed by atoms with E-state index < -0.39 is 12.6 Å². The first-order chi connectivity index (χ1) is 16.9. The standard InChI is InChI=1S/C29H33F3O3/c1-2-3-4-5-19-6-7-21-17-22(9-8-20(21)16-19)26-15-10-23(18-27(26)30)28(33)34-24-11-13-25(14-12-24)35-29(31)32/h2-3,10-15,18-22,29H,4-9,16-17H2,1H3/b3-2+. The van der Waals surface area contributed by atoms with Gasteiger partial charge in [-0.3, -0.25) is 0 Å². The summed E-state index contributed by atoms with van der Waals surface area (Å²) in [4.78, 5) is 12.5. The van der Waals surface area contributed by atoms with Gasteiger partial charge in [-0.25, -0.2) is 9.18 Å². The number of benzene rings is 2. The van der Waals surface area contributed by atoms with Crippen molar-refractivity contribution in [2.75, 3.05) is 0 Å². The predicted octanol–water partition coefficient (Wildman–Crippen LogP) is 8.30. The summed E-state index contributed by atoms with van der Waals surface area (Å²) in [6.07, 6.45) is 13.8. The van der Waals surface area contributed by atoms with Crippen molar-refractivity contribution >= 4 is 5.97 Å². The van der Waals surface area contributed by atoms with Crippen molar-refractivity contribution in [2.45, 2.75) is 70.8 Å². The molecule has 35 heavy (non-hydrogen) atoms. The quantitative estimate of drug-likeness (QED) is 0.214. The van der Waals surface area contributed by atoms with Crippen molar-refractivity contribution in [3.63, 3.8) is 0 Å². The first kappa shape index (κ1) is 25.3. The topological polar surface area (TPSA) is 35.5 Å². The van der Waals surface area contributed by atoms with Crippen molar-refractivity contribution < 1.29 is 27.4 Å². The van der Waals surface area contributed by atoms with E-state index in [2.05, 4.69) is 23.8 Å². The van der Waals surface area contributed by atoms with E-state index in [0.29, 0.717) is 11.5 Å². The summed E-state index contributed by atoms with van der Waals surface area (Å²) in [7, 11) is 0. The minimum absolute atomic E-state index is 0.0351. The van der Waals surface area contributed by atoms with E-state index in [1.165, 1.54) is 62.4 Å². The lowest BCUT2D eigenvalue weighted by molar-refractivity contribution is -0.0498. The lowest BCUT2D eigenvalue weighted by Gasteiger charge is -2.42. The Labute approximate surface area is 205 Å². The van der Waals surface area contributed by atoms with E-state index in [1.54, 1.807) is 12.1 Å². The third-order valence-electron chi connectivity index (χ3n) is 7.63. The zero-order chi connectivity index (χ0) is 24.8. The van der Waals surface area contributed by atoms with Crippen LogP contribution < -0.4 is 9.47 Å². The molecule has 0 amide bonds. The van der Waals surface area contributed by atoms with Crippen molar-refractivity contribution in [3.05, 3.63) is 71.6 Å². The fraction of sp³-hybridized carbons (Fsp3) is 0.483. The van der Waals surface area contributed by atoms with E-state index in [9.17, 15) is 13.6 Å². The lowest BCUT2D eigenvalue weighted by atomic mass is 9.63. The van der Waals surface area contributed by atoms with Gasteiger partial charge in [0, 0.05) is 0 Å². The summed E-state index contributed by atoms with van der Waals surface area (Å²) < 4.78 is 49.1. The van der Waals surface area contributed by atoms with E-state index in [0.717, 1.165) is 31.1 Å². The number of halogens is 3. The number of fused-ring (bicyclic) bond motifs is 1. The number of hydrogen-bond acceptors (Lipinski definition) is 3. The van der Waals surface area contributed by atoms with Crippen LogP contribution in [0.4, 0.5) is 13.2 Å². The van der Waals surface area contributed by atoms with Gasteiger partial charge < -0.3 is 9.47 Å². The van der Waals surface area contributed by atoms with Gasteiger partial charge in [0.1, 0.15) is 17.3 Å². The number of esters is 1. The van der Waals surface area contributed by atoms with Crippen LogP contribution in [-0.4, -0.2) is 12.6 Å². The number of allylic oxidation sites excluding steroid dienone is 2. The molecule has 2 fully saturated rings. The molecular weight excluding hydrogens is 453 g/mol. The van der Waals surface area contributed by atoms with Crippen LogP contribution in [0.1, 0.15) is 80.1 Å².